The highest BCUT2D eigenvalue weighted by Gasteiger charge is 2.26. The van der Waals surface area contributed by atoms with Gasteiger partial charge in [0.15, 0.2) is 0 Å². The summed E-state index contributed by atoms with van der Waals surface area (Å²) in [6, 6.07) is 12.9. The highest BCUT2D eigenvalue weighted by atomic mass is 28.3. The van der Waals surface area contributed by atoms with Gasteiger partial charge in [-0.05, 0) is 36.1 Å². The number of rotatable bonds is 4. The molecule has 0 N–H and O–H groups in total. The Morgan fingerprint density at radius 2 is 1.71 bits per heavy atom. The van der Waals surface area contributed by atoms with E-state index >= 15 is 0 Å². The molecule has 0 aliphatic carbocycles. The van der Waals surface area contributed by atoms with Crippen LogP contribution >= 0.6 is 0 Å². The second kappa shape index (κ2) is 6.14. The summed E-state index contributed by atoms with van der Waals surface area (Å²) < 4.78 is 0. The molecule has 0 amide bonds. The van der Waals surface area contributed by atoms with Gasteiger partial charge in [0.1, 0.15) is 0 Å². The van der Waals surface area contributed by atoms with Crippen LogP contribution in [-0.2, 0) is 0 Å². The number of aryl methyl sites for hydroxylation is 1. The zero-order valence-electron chi connectivity index (χ0n) is 14.2. The average Bonchev–Trinajstić information content (AvgIpc) is 2.45. The molecule has 0 spiro atoms. The molecule has 1 heterocycles. The van der Waals surface area contributed by atoms with Gasteiger partial charge in [-0.2, -0.15) is 0 Å². The molecule has 0 aliphatic heterocycles. The number of hydrogen-bond donors (Lipinski definition) is 0. The molecule has 2 rings (SSSR count). The number of hydrogen-bond acceptors (Lipinski definition) is 1. The highest BCUT2D eigenvalue weighted by Crippen LogP contribution is 2.26. The summed E-state index contributed by atoms with van der Waals surface area (Å²) in [4.78, 5) is 4.92. The van der Waals surface area contributed by atoms with Gasteiger partial charge >= 0.3 is 0 Å². The molecule has 0 bridgehead atoms. The van der Waals surface area contributed by atoms with Crippen LogP contribution in [0.25, 0.3) is 11.3 Å². The molecule has 2 heteroatoms. The Labute approximate surface area is 130 Å². The van der Waals surface area contributed by atoms with Crippen LogP contribution in [0.5, 0.6) is 0 Å². The first-order valence-electron chi connectivity index (χ1n) is 7.92. The molecule has 2 aromatic rings. The molecular weight excluding hydrogens is 270 g/mol. The standard InChI is InChI=1S/C19H27NSi/c1-7-14(2)17-13-18(16-11-9-8-10-12-16)20-15(3)19(17)21(4,5)6/h8-14H,7H2,1-6H3. The summed E-state index contributed by atoms with van der Waals surface area (Å²) in [5, 5.41) is 1.55. The van der Waals surface area contributed by atoms with Crippen molar-refractivity contribution >= 4 is 13.3 Å². The molecule has 0 aliphatic rings. The second-order valence-electron chi connectivity index (χ2n) is 6.98. The van der Waals surface area contributed by atoms with E-state index in [9.17, 15) is 0 Å². The lowest BCUT2D eigenvalue weighted by Crippen LogP contribution is -2.43. The van der Waals surface area contributed by atoms with Crippen LogP contribution in [0.15, 0.2) is 36.4 Å². The van der Waals surface area contributed by atoms with E-state index in [4.69, 9.17) is 4.98 Å². The maximum Gasteiger partial charge on any atom is 0.0803 e. The van der Waals surface area contributed by atoms with E-state index in [1.165, 1.54) is 23.2 Å². The first kappa shape index (κ1) is 16.0. The number of aromatic nitrogens is 1. The Morgan fingerprint density at radius 3 is 2.24 bits per heavy atom. The fraction of sp³-hybridized carbons (Fsp3) is 0.421. The van der Waals surface area contributed by atoms with Crippen LogP contribution in [0.3, 0.4) is 0 Å². The van der Waals surface area contributed by atoms with Gasteiger partial charge in [0.2, 0.25) is 0 Å². The Bertz CT molecular complexity index is 611. The van der Waals surface area contributed by atoms with Gasteiger partial charge in [-0.1, -0.05) is 63.8 Å². The lowest BCUT2D eigenvalue weighted by molar-refractivity contribution is 0.735. The van der Waals surface area contributed by atoms with Crippen LogP contribution in [0.4, 0.5) is 0 Å². The minimum absolute atomic E-state index is 0.593. The molecule has 112 valence electrons. The number of benzene rings is 1. The predicted molar refractivity (Wildman–Crippen MR) is 96.1 cm³/mol. The molecule has 1 aromatic heterocycles. The van der Waals surface area contributed by atoms with E-state index in [1.807, 2.05) is 0 Å². The van der Waals surface area contributed by atoms with E-state index < -0.39 is 8.07 Å². The third-order valence-corrected chi connectivity index (χ3v) is 6.34. The van der Waals surface area contributed by atoms with Crippen LogP contribution in [-0.4, -0.2) is 13.1 Å². The minimum Gasteiger partial charge on any atom is -0.253 e. The van der Waals surface area contributed by atoms with Crippen molar-refractivity contribution < 1.29 is 0 Å². The first-order valence-corrected chi connectivity index (χ1v) is 11.4. The van der Waals surface area contributed by atoms with Gasteiger partial charge in [0.25, 0.3) is 0 Å². The van der Waals surface area contributed by atoms with Gasteiger partial charge in [0.05, 0.1) is 13.8 Å². The summed E-state index contributed by atoms with van der Waals surface area (Å²) >= 11 is 0. The summed E-state index contributed by atoms with van der Waals surface area (Å²) in [5.41, 5.74) is 5.08. The van der Waals surface area contributed by atoms with Gasteiger partial charge in [-0.25, -0.2) is 0 Å². The third-order valence-electron chi connectivity index (χ3n) is 4.19. The Hall–Kier alpha value is -1.41. The minimum atomic E-state index is -1.39. The fourth-order valence-corrected chi connectivity index (χ4v) is 5.36. The van der Waals surface area contributed by atoms with Crippen molar-refractivity contribution in [3.63, 3.8) is 0 Å². The molecule has 0 radical (unpaired) electrons. The average molecular weight is 298 g/mol. The number of nitrogens with zero attached hydrogens (tertiary/aromatic N) is 1. The molecule has 1 atom stereocenters. The van der Waals surface area contributed by atoms with Crippen molar-refractivity contribution in [2.45, 2.75) is 52.8 Å². The van der Waals surface area contributed by atoms with E-state index in [1.54, 1.807) is 5.19 Å². The quantitative estimate of drug-likeness (QED) is 0.714. The van der Waals surface area contributed by atoms with E-state index in [0.717, 1.165) is 5.69 Å². The molecule has 0 saturated heterocycles. The summed E-state index contributed by atoms with van der Waals surface area (Å²) in [5.74, 6) is 0.593. The molecule has 21 heavy (non-hydrogen) atoms. The molecule has 1 nitrogen and oxygen atoms in total. The molecular formula is C19H27NSi. The summed E-state index contributed by atoms with van der Waals surface area (Å²) in [7, 11) is -1.39. The van der Waals surface area contributed by atoms with Crippen molar-refractivity contribution in [3.05, 3.63) is 47.7 Å². The van der Waals surface area contributed by atoms with Crippen LogP contribution in [0.2, 0.25) is 19.6 Å². The zero-order valence-corrected chi connectivity index (χ0v) is 15.2. The van der Waals surface area contributed by atoms with Gasteiger partial charge < -0.3 is 0 Å². The van der Waals surface area contributed by atoms with Gasteiger partial charge in [-0.15, -0.1) is 0 Å². The highest BCUT2D eigenvalue weighted by molar-refractivity contribution is 6.89. The number of pyridine rings is 1. The zero-order chi connectivity index (χ0) is 15.6. The topological polar surface area (TPSA) is 12.9 Å². The second-order valence-corrected chi connectivity index (χ2v) is 12.0. The molecule has 0 saturated carbocycles. The Kier molecular flexibility index (Phi) is 4.67. The monoisotopic (exact) mass is 297 g/mol. The van der Waals surface area contributed by atoms with Crippen LogP contribution in [0, 0.1) is 6.92 Å². The maximum atomic E-state index is 4.92. The van der Waals surface area contributed by atoms with Crippen molar-refractivity contribution in [2.75, 3.05) is 0 Å². The summed E-state index contributed by atoms with van der Waals surface area (Å²) in [6.45, 7) is 14.1. The van der Waals surface area contributed by atoms with Gasteiger partial charge in [0, 0.05) is 11.3 Å². The van der Waals surface area contributed by atoms with Crippen LogP contribution in [0.1, 0.15) is 37.4 Å². The van der Waals surface area contributed by atoms with Crippen molar-refractivity contribution in [1.82, 2.24) is 4.98 Å². The fourth-order valence-electron chi connectivity index (χ4n) is 3.04. The van der Waals surface area contributed by atoms with Crippen molar-refractivity contribution in [1.29, 1.82) is 0 Å². The Morgan fingerprint density at radius 1 is 1.10 bits per heavy atom. The van der Waals surface area contributed by atoms with E-state index in [-0.39, 0.29) is 0 Å². The maximum absolute atomic E-state index is 4.92. The normalized spacial score (nSPS) is 13.2. The van der Waals surface area contributed by atoms with Crippen molar-refractivity contribution in [2.24, 2.45) is 0 Å². The molecule has 1 aromatic carbocycles. The smallest absolute Gasteiger partial charge is 0.0803 e. The van der Waals surface area contributed by atoms with E-state index in [0.29, 0.717) is 5.92 Å². The molecule has 0 fully saturated rings. The third kappa shape index (κ3) is 3.43. The SMILES string of the molecule is CCC(C)c1cc(-c2ccccc2)nc(C)c1[Si](C)(C)C. The lowest BCUT2D eigenvalue weighted by Gasteiger charge is -2.26. The van der Waals surface area contributed by atoms with Gasteiger partial charge in [-0.3, -0.25) is 4.98 Å². The van der Waals surface area contributed by atoms with Crippen molar-refractivity contribution in [3.8, 4) is 11.3 Å². The predicted octanol–water partition coefficient (Wildman–Crippen LogP) is 5.12. The van der Waals surface area contributed by atoms with E-state index in [2.05, 4.69) is 76.8 Å². The largest absolute Gasteiger partial charge is 0.253 e. The first-order chi connectivity index (χ1) is 9.84. The Balaban J connectivity index is 2.66. The lowest BCUT2D eigenvalue weighted by atomic mass is 9.96. The molecule has 1 unspecified atom stereocenters. The summed E-state index contributed by atoms with van der Waals surface area (Å²) in [6.07, 6.45) is 1.18. The van der Waals surface area contributed by atoms with Crippen LogP contribution < -0.4 is 5.19 Å².